The lowest BCUT2D eigenvalue weighted by Crippen LogP contribution is -2.06. The molecular formula is C55H35N5. The first kappa shape index (κ1) is 33.9. The van der Waals surface area contributed by atoms with Gasteiger partial charge in [0, 0.05) is 43.7 Å². The second kappa shape index (κ2) is 13.8. The topological polar surface area (TPSA) is 48.5 Å². The van der Waals surface area contributed by atoms with E-state index in [0.29, 0.717) is 17.6 Å². The van der Waals surface area contributed by atoms with E-state index in [2.05, 4.69) is 197 Å². The van der Waals surface area contributed by atoms with Gasteiger partial charge in [0.05, 0.1) is 22.1 Å². The quantitative estimate of drug-likeness (QED) is 0.169. The van der Waals surface area contributed by atoms with Crippen LogP contribution in [0.15, 0.2) is 212 Å². The second-order valence-corrected chi connectivity index (χ2v) is 15.2. The molecule has 0 aliphatic carbocycles. The lowest BCUT2D eigenvalue weighted by atomic mass is 10.0. The van der Waals surface area contributed by atoms with E-state index in [9.17, 15) is 0 Å². The lowest BCUT2D eigenvalue weighted by molar-refractivity contribution is 0.955. The molecule has 0 saturated carbocycles. The van der Waals surface area contributed by atoms with Gasteiger partial charge in [-0.3, -0.25) is 4.57 Å². The van der Waals surface area contributed by atoms with Gasteiger partial charge in [0.15, 0.2) is 11.6 Å². The van der Waals surface area contributed by atoms with E-state index in [0.717, 1.165) is 71.6 Å². The van der Waals surface area contributed by atoms with E-state index in [-0.39, 0.29) is 0 Å². The van der Waals surface area contributed by atoms with Crippen molar-refractivity contribution in [3.8, 4) is 56.7 Å². The fourth-order valence-electron chi connectivity index (χ4n) is 9.05. The maximum absolute atomic E-state index is 5.38. The van der Waals surface area contributed by atoms with Crippen LogP contribution in [0, 0.1) is 0 Å². The van der Waals surface area contributed by atoms with Crippen molar-refractivity contribution in [1.82, 2.24) is 24.1 Å². The molecule has 0 N–H and O–H groups in total. The number of aromatic nitrogens is 5. The Bertz CT molecular complexity index is 3590. The van der Waals surface area contributed by atoms with Gasteiger partial charge in [-0.15, -0.1) is 0 Å². The number of hydrogen-bond donors (Lipinski definition) is 0. The average molecular weight is 766 g/mol. The van der Waals surface area contributed by atoms with Gasteiger partial charge >= 0.3 is 0 Å². The van der Waals surface area contributed by atoms with Crippen LogP contribution in [-0.2, 0) is 0 Å². The normalized spacial score (nSPS) is 11.7. The third-order valence-corrected chi connectivity index (χ3v) is 11.7. The number of hydrogen-bond acceptors (Lipinski definition) is 3. The first-order valence-corrected chi connectivity index (χ1v) is 20.3. The molecule has 60 heavy (non-hydrogen) atoms. The van der Waals surface area contributed by atoms with Crippen molar-refractivity contribution in [2.75, 3.05) is 0 Å². The Balaban J connectivity index is 1.17. The summed E-state index contributed by atoms with van der Waals surface area (Å²) in [6.45, 7) is 0. The summed E-state index contributed by atoms with van der Waals surface area (Å²) in [7, 11) is 0. The minimum Gasteiger partial charge on any atom is -0.309 e. The molecule has 12 rings (SSSR count). The highest BCUT2D eigenvalue weighted by molar-refractivity contribution is 6.31. The molecule has 5 heteroatoms. The van der Waals surface area contributed by atoms with Crippen molar-refractivity contribution in [2.24, 2.45) is 0 Å². The minimum atomic E-state index is 0.568. The second-order valence-electron chi connectivity index (χ2n) is 15.2. The van der Waals surface area contributed by atoms with Gasteiger partial charge in [-0.1, -0.05) is 176 Å². The molecule has 12 aromatic rings. The Morgan fingerprint density at radius 3 is 1.57 bits per heavy atom. The average Bonchev–Trinajstić information content (AvgIpc) is 3.86. The van der Waals surface area contributed by atoms with Gasteiger partial charge in [0.2, 0.25) is 5.95 Å². The molecule has 0 radical (unpaired) electrons. The van der Waals surface area contributed by atoms with Crippen LogP contribution in [0.4, 0.5) is 0 Å². The molecule has 3 aromatic heterocycles. The molecule has 0 aliphatic heterocycles. The fourth-order valence-corrected chi connectivity index (χ4v) is 9.05. The summed E-state index contributed by atoms with van der Waals surface area (Å²) < 4.78 is 4.68. The molecule has 0 spiro atoms. The van der Waals surface area contributed by atoms with E-state index < -0.39 is 0 Å². The molecule has 0 saturated heterocycles. The van der Waals surface area contributed by atoms with E-state index in [4.69, 9.17) is 15.0 Å². The van der Waals surface area contributed by atoms with E-state index in [1.807, 2.05) is 24.3 Å². The van der Waals surface area contributed by atoms with Crippen LogP contribution in [0.3, 0.4) is 0 Å². The molecule has 0 fully saturated rings. The van der Waals surface area contributed by atoms with Crippen LogP contribution in [0.5, 0.6) is 0 Å². The summed E-state index contributed by atoms with van der Waals surface area (Å²) in [6.07, 6.45) is 0. The fraction of sp³-hybridized carbons (Fsp3) is 0. The predicted molar refractivity (Wildman–Crippen MR) is 248 cm³/mol. The number of fused-ring (bicyclic) bond motifs is 9. The molecule has 3 heterocycles. The van der Waals surface area contributed by atoms with Crippen LogP contribution in [-0.4, -0.2) is 24.1 Å². The van der Waals surface area contributed by atoms with Gasteiger partial charge in [0.25, 0.3) is 0 Å². The van der Waals surface area contributed by atoms with Crippen LogP contribution >= 0.6 is 0 Å². The van der Waals surface area contributed by atoms with Gasteiger partial charge < -0.3 is 4.57 Å². The van der Waals surface area contributed by atoms with Crippen molar-refractivity contribution in [1.29, 1.82) is 0 Å². The predicted octanol–water partition coefficient (Wildman–Crippen LogP) is 13.9. The molecule has 9 aromatic carbocycles. The zero-order chi connectivity index (χ0) is 39.6. The summed E-state index contributed by atoms with van der Waals surface area (Å²) in [4.78, 5) is 15.9. The van der Waals surface area contributed by atoms with Crippen molar-refractivity contribution >= 4 is 54.4 Å². The minimum absolute atomic E-state index is 0.568. The van der Waals surface area contributed by atoms with Gasteiger partial charge in [-0.05, 0) is 64.0 Å². The monoisotopic (exact) mass is 765 g/mol. The zero-order valence-corrected chi connectivity index (χ0v) is 32.4. The molecule has 5 nitrogen and oxygen atoms in total. The van der Waals surface area contributed by atoms with Crippen molar-refractivity contribution < 1.29 is 0 Å². The Morgan fingerprint density at radius 2 is 0.833 bits per heavy atom. The first-order valence-electron chi connectivity index (χ1n) is 20.3. The molecular weight excluding hydrogens is 731 g/mol. The van der Waals surface area contributed by atoms with Crippen molar-refractivity contribution in [3.05, 3.63) is 212 Å². The van der Waals surface area contributed by atoms with Crippen LogP contribution in [0.1, 0.15) is 0 Å². The summed E-state index contributed by atoms with van der Waals surface area (Å²) in [6, 6.07) is 75.0. The van der Waals surface area contributed by atoms with Gasteiger partial charge in [-0.25, -0.2) is 4.98 Å². The van der Waals surface area contributed by atoms with Crippen molar-refractivity contribution in [2.45, 2.75) is 0 Å². The Labute approximate surface area is 346 Å². The maximum atomic E-state index is 5.38. The van der Waals surface area contributed by atoms with Gasteiger partial charge in [0.1, 0.15) is 0 Å². The summed E-state index contributed by atoms with van der Waals surface area (Å²) in [5, 5.41) is 6.97. The number of benzene rings is 9. The number of rotatable bonds is 6. The summed E-state index contributed by atoms with van der Waals surface area (Å²) in [5.41, 5.74) is 12.0. The van der Waals surface area contributed by atoms with Crippen LogP contribution in [0.2, 0.25) is 0 Å². The molecule has 0 amide bonds. The standard InChI is InChI=1S/C55H35N5/c1-4-16-36(17-5-1)40-23-14-25-42(34-40)54-56-53(39-21-8-3-9-22-39)57-55(58-54)60-49-33-32-48-50(51(49)46-31-30-38-20-10-11-27-44(38)52(46)60)45-28-12-13-29-47(45)59(48)43-26-15-24-41(35-43)37-18-6-2-7-19-37/h1-35H. The molecule has 280 valence electrons. The third kappa shape index (κ3) is 5.44. The molecule has 0 atom stereocenters. The van der Waals surface area contributed by atoms with Crippen molar-refractivity contribution in [3.63, 3.8) is 0 Å². The van der Waals surface area contributed by atoms with Crippen LogP contribution in [0.25, 0.3) is 111 Å². The summed E-state index contributed by atoms with van der Waals surface area (Å²) in [5.74, 6) is 1.80. The highest BCUT2D eigenvalue weighted by Crippen LogP contribution is 2.44. The molecule has 0 aliphatic rings. The first-order chi connectivity index (χ1) is 29.8. The van der Waals surface area contributed by atoms with Gasteiger partial charge in [-0.2, -0.15) is 9.97 Å². The van der Waals surface area contributed by atoms with Crippen LogP contribution < -0.4 is 0 Å². The number of para-hydroxylation sites is 1. The Morgan fingerprint density at radius 1 is 0.300 bits per heavy atom. The van der Waals surface area contributed by atoms with E-state index in [1.54, 1.807) is 0 Å². The Hall–Kier alpha value is -8.15. The third-order valence-electron chi connectivity index (χ3n) is 11.7. The lowest BCUT2D eigenvalue weighted by Gasteiger charge is -2.13. The summed E-state index contributed by atoms with van der Waals surface area (Å²) >= 11 is 0. The highest BCUT2D eigenvalue weighted by Gasteiger charge is 2.24. The van der Waals surface area contributed by atoms with E-state index >= 15 is 0 Å². The largest absolute Gasteiger partial charge is 0.309 e. The molecule has 0 unspecified atom stereocenters. The SMILES string of the molecule is c1ccc(-c2cccc(-c3nc(-c4ccccc4)nc(-n4c5ccc6c(c7ccccc7n6-c6cccc(-c7ccccc7)c6)c5c5ccc6ccccc6c54)n3)c2)cc1. The maximum Gasteiger partial charge on any atom is 0.238 e. The zero-order valence-electron chi connectivity index (χ0n) is 32.4. The smallest absolute Gasteiger partial charge is 0.238 e. The number of nitrogens with zero attached hydrogens (tertiary/aromatic N) is 5. The van der Waals surface area contributed by atoms with E-state index in [1.165, 1.54) is 21.9 Å². The molecule has 0 bridgehead atoms. The highest BCUT2D eigenvalue weighted by atomic mass is 15.2. The Kier molecular flexibility index (Phi) is 7.78.